The zero-order valence-corrected chi connectivity index (χ0v) is 4.07. The summed E-state index contributed by atoms with van der Waals surface area (Å²) in [6.07, 6.45) is 3.04. The van der Waals surface area contributed by atoms with Gasteiger partial charge in [-0.3, -0.25) is 10.1 Å². The highest BCUT2D eigenvalue weighted by molar-refractivity contribution is 5.03. The minimum Gasteiger partial charge on any atom is -0.380 e. The number of nitro groups is 1. The standard InChI is InChI=1S/C4H5N2O2/c7-6(8)4-1-2-5-3-4/h1-5H. The van der Waals surface area contributed by atoms with Gasteiger partial charge in [0.25, 0.3) is 6.04 Å². The third-order valence-electron chi connectivity index (χ3n) is 0.900. The van der Waals surface area contributed by atoms with Crippen LogP contribution in [0, 0.1) is 16.7 Å². The summed E-state index contributed by atoms with van der Waals surface area (Å²) in [5.74, 6) is 0. The fourth-order valence-corrected chi connectivity index (χ4v) is 0.495. The van der Waals surface area contributed by atoms with E-state index in [0.29, 0.717) is 0 Å². The van der Waals surface area contributed by atoms with Gasteiger partial charge < -0.3 is 5.32 Å². The molecule has 0 saturated carbocycles. The number of nitrogens with one attached hydrogen (secondary N) is 1. The highest BCUT2D eigenvalue weighted by Gasteiger charge is 2.18. The summed E-state index contributed by atoms with van der Waals surface area (Å²) in [4.78, 5) is 9.52. The Morgan fingerprint density at radius 2 is 2.50 bits per heavy atom. The van der Waals surface area contributed by atoms with Crippen LogP contribution in [-0.4, -0.2) is 11.0 Å². The Morgan fingerprint density at radius 1 is 1.75 bits per heavy atom. The molecule has 0 amide bonds. The van der Waals surface area contributed by atoms with Crippen molar-refractivity contribution < 1.29 is 4.92 Å². The van der Waals surface area contributed by atoms with E-state index < -0.39 is 6.04 Å². The second-order valence-electron chi connectivity index (χ2n) is 1.47. The predicted molar refractivity (Wildman–Crippen MR) is 27.4 cm³/mol. The molecular weight excluding hydrogens is 108 g/mol. The molecular formula is C4H5N2O2. The lowest BCUT2D eigenvalue weighted by Gasteiger charge is -1.93. The van der Waals surface area contributed by atoms with Crippen LogP contribution >= 0.6 is 0 Å². The minimum absolute atomic E-state index is 0.365. The first-order valence-corrected chi connectivity index (χ1v) is 2.20. The Kier molecular flexibility index (Phi) is 1.15. The third kappa shape index (κ3) is 0.776. The Balaban J connectivity index is 2.48. The van der Waals surface area contributed by atoms with Crippen molar-refractivity contribution in [3.8, 4) is 0 Å². The van der Waals surface area contributed by atoms with Crippen molar-refractivity contribution in [1.29, 1.82) is 0 Å². The predicted octanol–water partition coefficient (Wildman–Crippen LogP) is -0.0896. The van der Waals surface area contributed by atoms with Crippen LogP contribution in [0.1, 0.15) is 0 Å². The molecule has 0 aromatic carbocycles. The molecule has 0 aromatic heterocycles. The van der Waals surface area contributed by atoms with Crippen LogP contribution in [0.25, 0.3) is 0 Å². The Labute approximate surface area is 46.3 Å². The topological polar surface area (TPSA) is 55.2 Å². The van der Waals surface area contributed by atoms with Crippen molar-refractivity contribution in [2.75, 3.05) is 0 Å². The van der Waals surface area contributed by atoms with E-state index in [0.717, 1.165) is 0 Å². The molecule has 0 bridgehead atoms. The molecule has 1 aliphatic heterocycles. The fraction of sp³-hybridized carbons (Fsp3) is 0.250. The lowest BCUT2D eigenvalue weighted by Crippen LogP contribution is -2.17. The van der Waals surface area contributed by atoms with Crippen LogP contribution in [0.5, 0.6) is 0 Å². The van der Waals surface area contributed by atoms with Crippen LogP contribution < -0.4 is 5.32 Å². The maximum absolute atomic E-state index is 9.88. The molecule has 1 aliphatic rings. The van der Waals surface area contributed by atoms with E-state index in [1.165, 1.54) is 12.6 Å². The molecule has 43 valence electrons. The summed E-state index contributed by atoms with van der Waals surface area (Å²) in [5, 5.41) is 12.5. The van der Waals surface area contributed by atoms with Crippen molar-refractivity contribution in [2.24, 2.45) is 0 Å². The van der Waals surface area contributed by atoms with E-state index in [4.69, 9.17) is 0 Å². The van der Waals surface area contributed by atoms with Gasteiger partial charge in [-0.15, -0.1) is 0 Å². The summed E-state index contributed by atoms with van der Waals surface area (Å²) >= 11 is 0. The lowest BCUT2D eigenvalue weighted by molar-refractivity contribution is -0.500. The van der Waals surface area contributed by atoms with Gasteiger partial charge in [-0.1, -0.05) is 0 Å². The van der Waals surface area contributed by atoms with Crippen molar-refractivity contribution in [3.05, 3.63) is 28.9 Å². The summed E-state index contributed by atoms with van der Waals surface area (Å²) in [6.45, 7) is 1.42. The summed E-state index contributed by atoms with van der Waals surface area (Å²) in [7, 11) is 0. The van der Waals surface area contributed by atoms with Crippen molar-refractivity contribution >= 4 is 0 Å². The van der Waals surface area contributed by atoms with Gasteiger partial charge in [0.05, 0.1) is 0 Å². The van der Waals surface area contributed by atoms with Crippen molar-refractivity contribution in [2.45, 2.75) is 6.04 Å². The van der Waals surface area contributed by atoms with Gasteiger partial charge in [-0.05, 0) is 6.20 Å². The van der Waals surface area contributed by atoms with E-state index in [9.17, 15) is 10.1 Å². The molecule has 0 spiro atoms. The highest BCUT2D eigenvalue weighted by Crippen LogP contribution is 1.99. The lowest BCUT2D eigenvalue weighted by atomic mass is 10.3. The first-order valence-electron chi connectivity index (χ1n) is 2.20. The molecule has 0 aliphatic carbocycles. The monoisotopic (exact) mass is 113 g/mol. The number of nitrogens with zero attached hydrogens (tertiary/aromatic N) is 1. The SMILES string of the molecule is O=[N+]([O-])C1[CH]NC=C1. The number of rotatable bonds is 1. The van der Waals surface area contributed by atoms with E-state index >= 15 is 0 Å². The first-order chi connectivity index (χ1) is 3.80. The smallest absolute Gasteiger partial charge is 0.255 e. The van der Waals surface area contributed by atoms with Crippen molar-refractivity contribution in [3.63, 3.8) is 0 Å². The fourth-order valence-electron chi connectivity index (χ4n) is 0.495. The van der Waals surface area contributed by atoms with E-state index in [2.05, 4.69) is 5.32 Å². The molecule has 4 heteroatoms. The average molecular weight is 113 g/mol. The maximum Gasteiger partial charge on any atom is 0.255 e. The van der Waals surface area contributed by atoms with Crippen LogP contribution in [0.3, 0.4) is 0 Å². The summed E-state index contributed by atoms with van der Waals surface area (Å²) < 4.78 is 0. The van der Waals surface area contributed by atoms with Crippen LogP contribution in [-0.2, 0) is 0 Å². The molecule has 4 nitrogen and oxygen atoms in total. The Bertz CT molecular complexity index is 132. The highest BCUT2D eigenvalue weighted by atomic mass is 16.6. The Hall–Kier alpha value is -1.06. The zero-order valence-electron chi connectivity index (χ0n) is 4.07. The molecule has 1 heterocycles. The molecule has 1 radical (unpaired) electrons. The van der Waals surface area contributed by atoms with E-state index in [1.807, 2.05) is 0 Å². The summed E-state index contributed by atoms with van der Waals surface area (Å²) in [5.41, 5.74) is 0. The zero-order chi connectivity index (χ0) is 5.98. The van der Waals surface area contributed by atoms with Gasteiger partial charge in [0.2, 0.25) is 0 Å². The molecule has 1 rings (SSSR count). The molecule has 1 atom stereocenters. The van der Waals surface area contributed by atoms with E-state index in [-0.39, 0.29) is 4.92 Å². The van der Waals surface area contributed by atoms with Gasteiger partial charge in [0.15, 0.2) is 0 Å². The van der Waals surface area contributed by atoms with E-state index in [1.54, 1.807) is 6.20 Å². The largest absolute Gasteiger partial charge is 0.380 e. The minimum atomic E-state index is -0.630. The van der Waals surface area contributed by atoms with Gasteiger partial charge >= 0.3 is 0 Å². The van der Waals surface area contributed by atoms with Crippen LogP contribution in [0.4, 0.5) is 0 Å². The first kappa shape index (κ1) is 5.08. The molecule has 1 N–H and O–H groups in total. The molecule has 8 heavy (non-hydrogen) atoms. The quantitative estimate of drug-likeness (QED) is 0.382. The average Bonchev–Trinajstić information content (AvgIpc) is 2.12. The van der Waals surface area contributed by atoms with Crippen LogP contribution in [0.15, 0.2) is 12.3 Å². The normalized spacial score (nSPS) is 25.2. The number of hydrogen-bond acceptors (Lipinski definition) is 3. The Morgan fingerprint density at radius 3 is 2.75 bits per heavy atom. The molecule has 0 fully saturated rings. The summed E-state index contributed by atoms with van der Waals surface area (Å²) in [6, 6.07) is -0.630. The molecule has 0 aromatic rings. The molecule has 0 saturated heterocycles. The second-order valence-corrected chi connectivity index (χ2v) is 1.47. The van der Waals surface area contributed by atoms with Gasteiger partial charge in [-0.2, -0.15) is 0 Å². The number of hydrogen-bond donors (Lipinski definition) is 1. The maximum atomic E-state index is 9.88. The van der Waals surface area contributed by atoms with Crippen molar-refractivity contribution in [1.82, 2.24) is 5.32 Å². The molecule has 1 unspecified atom stereocenters. The third-order valence-corrected chi connectivity index (χ3v) is 0.900. The van der Waals surface area contributed by atoms with Gasteiger partial charge in [0, 0.05) is 11.0 Å². The van der Waals surface area contributed by atoms with Gasteiger partial charge in [0.1, 0.15) is 6.54 Å². The van der Waals surface area contributed by atoms with Gasteiger partial charge in [-0.25, -0.2) is 0 Å². The second kappa shape index (κ2) is 1.81. The van der Waals surface area contributed by atoms with Crippen LogP contribution in [0.2, 0.25) is 0 Å².